The van der Waals surface area contributed by atoms with Crippen LogP contribution in [0.15, 0.2) is 24.3 Å². The summed E-state index contributed by atoms with van der Waals surface area (Å²) in [6.45, 7) is -0.299. The summed E-state index contributed by atoms with van der Waals surface area (Å²) in [6, 6.07) is 6.35. The van der Waals surface area contributed by atoms with E-state index in [0.717, 1.165) is 11.2 Å². The molecule has 1 heterocycles. The van der Waals surface area contributed by atoms with Gasteiger partial charge in [-0.15, -0.1) is 0 Å². The van der Waals surface area contributed by atoms with E-state index in [9.17, 15) is 22.8 Å². The van der Waals surface area contributed by atoms with Crippen LogP contribution in [0.5, 0.6) is 0 Å². The second-order valence-corrected chi connectivity index (χ2v) is 6.59. The predicted octanol–water partition coefficient (Wildman–Crippen LogP) is -1.05. The number of carbonyl (C=O) groups is 3. The van der Waals surface area contributed by atoms with E-state index in [2.05, 4.69) is 10.0 Å². The first kappa shape index (κ1) is 16.1. The quantitative estimate of drug-likeness (QED) is 0.512. The van der Waals surface area contributed by atoms with Crippen molar-refractivity contribution in [3.05, 3.63) is 35.4 Å². The van der Waals surface area contributed by atoms with Gasteiger partial charge in [0.15, 0.2) is 0 Å². The van der Waals surface area contributed by atoms with E-state index >= 15 is 0 Å². The lowest BCUT2D eigenvalue weighted by atomic mass is 10.1. The van der Waals surface area contributed by atoms with Crippen LogP contribution in [0.3, 0.4) is 0 Å². The predicted molar refractivity (Wildman–Crippen MR) is 77.7 cm³/mol. The molecule has 0 spiro atoms. The van der Waals surface area contributed by atoms with Crippen LogP contribution in [0.2, 0.25) is 0 Å². The minimum Gasteiger partial charge on any atom is -0.353 e. The fourth-order valence-corrected chi connectivity index (χ4v) is 2.49. The summed E-state index contributed by atoms with van der Waals surface area (Å²) in [7, 11) is -3.32. The van der Waals surface area contributed by atoms with E-state index in [0.29, 0.717) is 0 Å². The smallest absolute Gasteiger partial charge is 0.262 e. The Morgan fingerprint density at radius 3 is 2.14 bits per heavy atom. The average Bonchev–Trinajstić information content (AvgIpc) is 2.68. The van der Waals surface area contributed by atoms with E-state index in [1.54, 1.807) is 12.1 Å². The van der Waals surface area contributed by atoms with E-state index in [1.807, 2.05) is 0 Å². The molecule has 0 bridgehead atoms. The highest BCUT2D eigenvalue weighted by Crippen LogP contribution is 2.21. The summed E-state index contributed by atoms with van der Waals surface area (Å²) >= 11 is 0. The molecule has 1 aromatic rings. The zero-order chi connectivity index (χ0) is 16.3. The van der Waals surface area contributed by atoms with Crippen molar-refractivity contribution in [1.29, 1.82) is 0 Å². The summed E-state index contributed by atoms with van der Waals surface area (Å²) in [5.41, 5.74) is 0.554. The number of hydrogen-bond donors (Lipinski definition) is 2. The van der Waals surface area contributed by atoms with Crippen LogP contribution in [-0.4, -0.2) is 56.9 Å². The summed E-state index contributed by atoms with van der Waals surface area (Å²) in [4.78, 5) is 36.7. The molecule has 9 heteroatoms. The molecule has 0 atom stereocenters. The third-order valence-electron chi connectivity index (χ3n) is 2.99. The molecular formula is C13H15N3O5S. The number of rotatable bonds is 6. The Bertz CT molecular complexity index is 694. The lowest BCUT2D eigenvalue weighted by Crippen LogP contribution is -2.42. The Kier molecular flexibility index (Phi) is 4.57. The number of benzene rings is 1. The Labute approximate surface area is 127 Å². The van der Waals surface area contributed by atoms with Gasteiger partial charge in [-0.25, -0.2) is 13.1 Å². The van der Waals surface area contributed by atoms with Gasteiger partial charge in [-0.05, 0) is 12.1 Å². The van der Waals surface area contributed by atoms with Crippen molar-refractivity contribution >= 4 is 27.7 Å². The highest BCUT2D eigenvalue weighted by atomic mass is 32.2. The van der Waals surface area contributed by atoms with Crippen molar-refractivity contribution in [2.24, 2.45) is 0 Å². The molecule has 1 aromatic carbocycles. The molecule has 1 aliphatic rings. The molecule has 0 fully saturated rings. The summed E-state index contributed by atoms with van der Waals surface area (Å²) in [5, 5.41) is 2.44. The average molecular weight is 325 g/mol. The van der Waals surface area contributed by atoms with E-state index in [4.69, 9.17) is 0 Å². The second-order valence-electron chi connectivity index (χ2n) is 4.76. The first-order valence-electron chi connectivity index (χ1n) is 6.46. The first-order chi connectivity index (χ1) is 10.3. The van der Waals surface area contributed by atoms with Crippen molar-refractivity contribution < 1.29 is 22.8 Å². The van der Waals surface area contributed by atoms with Crippen LogP contribution in [0, 0.1) is 0 Å². The molecule has 0 aliphatic carbocycles. The van der Waals surface area contributed by atoms with Crippen molar-refractivity contribution in [1.82, 2.24) is 14.9 Å². The molecule has 2 N–H and O–H groups in total. The Hall–Kier alpha value is -2.26. The summed E-state index contributed by atoms with van der Waals surface area (Å²) < 4.78 is 23.9. The highest BCUT2D eigenvalue weighted by molar-refractivity contribution is 7.88. The van der Waals surface area contributed by atoms with Gasteiger partial charge in [-0.2, -0.15) is 0 Å². The van der Waals surface area contributed by atoms with Gasteiger partial charge >= 0.3 is 0 Å². The van der Waals surface area contributed by atoms with Crippen LogP contribution >= 0.6 is 0 Å². The van der Waals surface area contributed by atoms with Crippen molar-refractivity contribution in [2.75, 3.05) is 25.9 Å². The Morgan fingerprint density at radius 1 is 1.09 bits per heavy atom. The normalized spacial score (nSPS) is 14.1. The molecule has 3 amide bonds. The maximum Gasteiger partial charge on any atom is 0.262 e. The minimum atomic E-state index is -3.32. The number of fused-ring (bicyclic) bond motifs is 1. The molecule has 0 saturated carbocycles. The fraction of sp³-hybridized carbons (Fsp3) is 0.308. The molecular weight excluding hydrogens is 310 g/mol. The molecule has 8 nitrogen and oxygen atoms in total. The van der Waals surface area contributed by atoms with Gasteiger partial charge in [0.2, 0.25) is 15.9 Å². The molecule has 0 radical (unpaired) electrons. The van der Waals surface area contributed by atoms with Gasteiger partial charge in [0, 0.05) is 13.1 Å². The molecule has 118 valence electrons. The van der Waals surface area contributed by atoms with E-state index < -0.39 is 34.3 Å². The van der Waals surface area contributed by atoms with Gasteiger partial charge in [0.25, 0.3) is 11.8 Å². The zero-order valence-electron chi connectivity index (χ0n) is 11.8. The maximum atomic E-state index is 12.0. The van der Waals surface area contributed by atoms with Gasteiger partial charge in [0.05, 0.1) is 17.4 Å². The lowest BCUT2D eigenvalue weighted by Gasteiger charge is -2.13. The highest BCUT2D eigenvalue weighted by Gasteiger charge is 2.36. The number of sulfonamides is 1. The first-order valence-corrected chi connectivity index (χ1v) is 8.35. The number of nitrogens with zero attached hydrogens (tertiary/aromatic N) is 1. The molecule has 0 unspecified atom stereocenters. The number of amides is 3. The van der Waals surface area contributed by atoms with Crippen LogP contribution in [0.25, 0.3) is 0 Å². The molecule has 2 rings (SSSR count). The standard InChI is InChI=1S/C13H15N3O5S/c1-22(20,21)15-7-6-14-11(17)8-16-12(18)9-4-2-3-5-10(9)13(16)19/h2-5,15H,6-8H2,1H3,(H,14,17). The van der Waals surface area contributed by atoms with Gasteiger partial charge in [-0.1, -0.05) is 12.1 Å². The zero-order valence-corrected chi connectivity index (χ0v) is 12.6. The van der Waals surface area contributed by atoms with Crippen molar-refractivity contribution in [3.63, 3.8) is 0 Å². The monoisotopic (exact) mass is 325 g/mol. The van der Waals surface area contributed by atoms with E-state index in [-0.39, 0.29) is 24.2 Å². The molecule has 0 saturated heterocycles. The van der Waals surface area contributed by atoms with Gasteiger partial charge in [0.1, 0.15) is 6.54 Å². The van der Waals surface area contributed by atoms with Gasteiger partial charge in [-0.3, -0.25) is 19.3 Å². The summed E-state index contributed by atoms with van der Waals surface area (Å²) in [5.74, 6) is -1.56. The van der Waals surface area contributed by atoms with Crippen LogP contribution < -0.4 is 10.0 Å². The van der Waals surface area contributed by atoms with Crippen LogP contribution in [-0.2, 0) is 14.8 Å². The number of carbonyl (C=O) groups excluding carboxylic acids is 3. The molecule has 0 aromatic heterocycles. The van der Waals surface area contributed by atoms with Crippen LogP contribution in [0.4, 0.5) is 0 Å². The largest absolute Gasteiger partial charge is 0.353 e. The fourth-order valence-electron chi connectivity index (χ4n) is 2.02. The number of nitrogens with one attached hydrogen (secondary N) is 2. The minimum absolute atomic E-state index is 0.0344. The maximum absolute atomic E-state index is 12.0. The summed E-state index contributed by atoms with van der Waals surface area (Å²) in [6.07, 6.45) is 1.01. The Morgan fingerprint density at radius 2 is 1.64 bits per heavy atom. The van der Waals surface area contributed by atoms with Crippen LogP contribution in [0.1, 0.15) is 20.7 Å². The topological polar surface area (TPSA) is 113 Å². The molecule has 1 aliphatic heterocycles. The Balaban J connectivity index is 1.88. The van der Waals surface area contributed by atoms with Crippen molar-refractivity contribution in [3.8, 4) is 0 Å². The second kappa shape index (κ2) is 6.24. The SMILES string of the molecule is CS(=O)(=O)NCCNC(=O)CN1C(=O)c2ccccc2C1=O. The van der Waals surface area contributed by atoms with Crippen molar-refractivity contribution in [2.45, 2.75) is 0 Å². The third-order valence-corrected chi connectivity index (χ3v) is 3.72. The van der Waals surface area contributed by atoms with Gasteiger partial charge < -0.3 is 5.32 Å². The number of hydrogen-bond acceptors (Lipinski definition) is 5. The van der Waals surface area contributed by atoms with E-state index in [1.165, 1.54) is 12.1 Å². The number of imide groups is 1. The lowest BCUT2D eigenvalue weighted by molar-refractivity contribution is -0.121. The third kappa shape index (κ3) is 3.68. The molecule has 22 heavy (non-hydrogen) atoms.